The first kappa shape index (κ1) is 25.3. The smallest absolute Gasteiger partial charge is 0.407 e. The predicted molar refractivity (Wildman–Crippen MR) is 131 cm³/mol. The largest absolute Gasteiger partial charge is 0.481 e. The molecule has 2 N–H and O–H groups in total. The summed E-state index contributed by atoms with van der Waals surface area (Å²) in [5.74, 6) is -1.20. The normalized spacial score (nSPS) is 13.5. The third kappa shape index (κ3) is 5.76. The van der Waals surface area contributed by atoms with E-state index in [4.69, 9.17) is 9.84 Å². The van der Waals surface area contributed by atoms with Crippen LogP contribution in [0.15, 0.2) is 48.5 Å². The lowest BCUT2D eigenvalue weighted by Crippen LogP contribution is -2.55. The van der Waals surface area contributed by atoms with Crippen molar-refractivity contribution in [2.45, 2.75) is 52.5 Å². The average molecular weight is 467 g/mol. The number of nitrogens with one attached hydrogen (secondary N) is 1. The van der Waals surface area contributed by atoms with Crippen LogP contribution in [0.4, 0.5) is 4.79 Å². The summed E-state index contributed by atoms with van der Waals surface area (Å²) in [6, 6.07) is 15.4. The van der Waals surface area contributed by atoms with E-state index >= 15 is 0 Å². The minimum Gasteiger partial charge on any atom is -0.481 e. The van der Waals surface area contributed by atoms with Crippen LogP contribution < -0.4 is 5.32 Å². The van der Waals surface area contributed by atoms with E-state index in [0.717, 1.165) is 22.3 Å². The number of carbonyl (C=O) groups is 3. The van der Waals surface area contributed by atoms with Crippen LogP contribution in [0.2, 0.25) is 0 Å². The Balaban J connectivity index is 1.68. The molecule has 1 aliphatic carbocycles. The Morgan fingerprint density at radius 3 is 2.09 bits per heavy atom. The predicted octanol–water partition coefficient (Wildman–Crippen LogP) is 4.65. The number of carbonyl (C=O) groups excluding carboxylic acids is 2. The van der Waals surface area contributed by atoms with Crippen LogP contribution in [-0.2, 0) is 14.3 Å². The van der Waals surface area contributed by atoms with E-state index in [1.54, 1.807) is 4.90 Å². The van der Waals surface area contributed by atoms with Crippen LogP contribution in [0.3, 0.4) is 0 Å². The van der Waals surface area contributed by atoms with Gasteiger partial charge in [0.2, 0.25) is 5.91 Å². The van der Waals surface area contributed by atoms with E-state index in [1.807, 2.05) is 52.0 Å². The molecular weight excluding hydrogens is 432 g/mol. The highest BCUT2D eigenvalue weighted by molar-refractivity contribution is 5.86. The van der Waals surface area contributed by atoms with Gasteiger partial charge in [-0.05, 0) is 41.0 Å². The Hall–Kier alpha value is -3.35. The molecule has 0 bridgehead atoms. The second-order valence-corrected chi connectivity index (χ2v) is 9.68. The van der Waals surface area contributed by atoms with Crippen molar-refractivity contribution in [2.75, 3.05) is 19.7 Å². The SMILES string of the molecule is CCN(CCCC(=O)O)C(=O)C(NC(=O)OCC1c2ccccc2-c2ccccc21)C(C)(C)C. The number of rotatable bonds is 9. The summed E-state index contributed by atoms with van der Waals surface area (Å²) in [7, 11) is 0. The summed E-state index contributed by atoms with van der Waals surface area (Å²) >= 11 is 0. The van der Waals surface area contributed by atoms with Gasteiger partial charge in [-0.15, -0.1) is 0 Å². The van der Waals surface area contributed by atoms with Crippen molar-refractivity contribution in [3.63, 3.8) is 0 Å². The number of hydrogen-bond donors (Lipinski definition) is 2. The summed E-state index contributed by atoms with van der Waals surface area (Å²) in [4.78, 5) is 38.5. The van der Waals surface area contributed by atoms with Crippen molar-refractivity contribution >= 4 is 18.0 Å². The molecule has 0 heterocycles. The lowest BCUT2D eigenvalue weighted by molar-refractivity contribution is -0.139. The number of alkyl carbamates (subject to hydrolysis) is 1. The Morgan fingerprint density at radius 1 is 1.03 bits per heavy atom. The number of hydrogen-bond acceptors (Lipinski definition) is 4. The van der Waals surface area contributed by atoms with E-state index in [-0.39, 0.29) is 24.9 Å². The number of carboxylic acid groups (broad SMARTS) is 1. The lowest BCUT2D eigenvalue weighted by Gasteiger charge is -2.34. The standard InChI is InChI=1S/C27H34N2O5/c1-5-29(16-10-15-23(30)31)25(32)24(27(2,3)4)28-26(33)34-17-22-20-13-8-6-11-18(20)19-12-7-9-14-21(19)22/h6-9,11-14,22,24H,5,10,15-17H2,1-4H3,(H,28,33)(H,30,31). The minimum atomic E-state index is -0.896. The number of amides is 2. The maximum atomic E-state index is 13.2. The fourth-order valence-corrected chi connectivity index (χ4v) is 4.43. The number of aliphatic carboxylic acids is 1. The topological polar surface area (TPSA) is 95.9 Å². The molecular formula is C27H34N2O5. The van der Waals surface area contributed by atoms with Gasteiger partial charge in [0.1, 0.15) is 12.6 Å². The van der Waals surface area contributed by atoms with Crippen molar-refractivity contribution in [3.05, 3.63) is 59.7 Å². The number of fused-ring (bicyclic) bond motifs is 3. The van der Waals surface area contributed by atoms with Gasteiger partial charge in [0, 0.05) is 25.4 Å². The summed E-state index contributed by atoms with van der Waals surface area (Å²) in [6.45, 7) is 8.39. The molecule has 7 nitrogen and oxygen atoms in total. The van der Waals surface area contributed by atoms with E-state index in [2.05, 4.69) is 29.6 Å². The van der Waals surface area contributed by atoms with Crippen molar-refractivity contribution in [2.24, 2.45) is 5.41 Å². The average Bonchev–Trinajstić information content (AvgIpc) is 3.11. The molecule has 0 saturated carbocycles. The van der Waals surface area contributed by atoms with E-state index in [0.29, 0.717) is 19.5 Å². The Morgan fingerprint density at radius 2 is 1.59 bits per heavy atom. The first-order valence-electron chi connectivity index (χ1n) is 11.8. The molecule has 2 amide bonds. The zero-order chi connectivity index (χ0) is 24.9. The Bertz CT molecular complexity index is 998. The maximum Gasteiger partial charge on any atom is 0.407 e. The number of carboxylic acids is 1. The zero-order valence-corrected chi connectivity index (χ0v) is 20.3. The van der Waals surface area contributed by atoms with Crippen LogP contribution in [0.25, 0.3) is 11.1 Å². The molecule has 0 aliphatic heterocycles. The third-order valence-corrected chi connectivity index (χ3v) is 6.23. The van der Waals surface area contributed by atoms with Crippen LogP contribution in [0.1, 0.15) is 57.6 Å². The quantitative estimate of drug-likeness (QED) is 0.561. The summed E-state index contributed by atoms with van der Waals surface area (Å²) in [5.41, 5.74) is 3.98. The molecule has 0 saturated heterocycles. The molecule has 0 spiro atoms. The summed E-state index contributed by atoms with van der Waals surface area (Å²) in [5, 5.41) is 11.7. The van der Waals surface area contributed by atoms with Crippen LogP contribution in [0.5, 0.6) is 0 Å². The molecule has 0 radical (unpaired) electrons. The number of nitrogens with zero attached hydrogens (tertiary/aromatic N) is 1. The van der Waals surface area contributed by atoms with Crippen LogP contribution >= 0.6 is 0 Å². The van der Waals surface area contributed by atoms with Crippen LogP contribution in [-0.4, -0.2) is 53.7 Å². The summed E-state index contributed by atoms with van der Waals surface area (Å²) in [6.07, 6.45) is -0.294. The second-order valence-electron chi connectivity index (χ2n) is 9.68. The molecule has 1 aliphatic rings. The van der Waals surface area contributed by atoms with Crippen molar-refractivity contribution in [3.8, 4) is 11.1 Å². The zero-order valence-electron chi connectivity index (χ0n) is 20.3. The number of benzene rings is 2. The van der Waals surface area contributed by atoms with Gasteiger partial charge in [0.05, 0.1) is 0 Å². The molecule has 1 unspecified atom stereocenters. The fraction of sp³-hybridized carbons (Fsp3) is 0.444. The van der Waals surface area contributed by atoms with Gasteiger partial charge in [-0.2, -0.15) is 0 Å². The van der Waals surface area contributed by atoms with E-state index in [1.165, 1.54) is 0 Å². The second kappa shape index (κ2) is 10.7. The van der Waals surface area contributed by atoms with E-state index in [9.17, 15) is 14.4 Å². The monoisotopic (exact) mass is 466 g/mol. The van der Waals surface area contributed by atoms with Gasteiger partial charge >= 0.3 is 12.1 Å². The molecule has 2 aromatic carbocycles. The Labute approximate surface area is 201 Å². The highest BCUT2D eigenvalue weighted by Gasteiger charge is 2.36. The summed E-state index contributed by atoms with van der Waals surface area (Å²) < 4.78 is 5.64. The molecule has 182 valence electrons. The Kier molecular flexibility index (Phi) is 7.97. The highest BCUT2D eigenvalue weighted by atomic mass is 16.5. The highest BCUT2D eigenvalue weighted by Crippen LogP contribution is 2.44. The lowest BCUT2D eigenvalue weighted by atomic mass is 9.85. The van der Waals surface area contributed by atoms with Gasteiger partial charge in [0.15, 0.2) is 0 Å². The fourth-order valence-electron chi connectivity index (χ4n) is 4.43. The molecule has 1 atom stereocenters. The molecule has 2 aromatic rings. The maximum absolute atomic E-state index is 13.2. The van der Waals surface area contributed by atoms with E-state index < -0.39 is 23.5 Å². The molecule has 3 rings (SSSR count). The van der Waals surface area contributed by atoms with Gasteiger partial charge in [-0.25, -0.2) is 4.79 Å². The molecule has 7 heteroatoms. The number of likely N-dealkylation sites (N-methyl/N-ethyl adjacent to an activating group) is 1. The molecule has 0 fully saturated rings. The third-order valence-electron chi connectivity index (χ3n) is 6.23. The number of ether oxygens (including phenoxy) is 1. The minimum absolute atomic E-state index is 0.0101. The molecule has 34 heavy (non-hydrogen) atoms. The van der Waals surface area contributed by atoms with Gasteiger partial charge in [0.25, 0.3) is 0 Å². The molecule has 0 aromatic heterocycles. The van der Waals surface area contributed by atoms with Crippen molar-refractivity contribution in [1.29, 1.82) is 0 Å². The van der Waals surface area contributed by atoms with Crippen molar-refractivity contribution in [1.82, 2.24) is 10.2 Å². The van der Waals surface area contributed by atoms with Crippen molar-refractivity contribution < 1.29 is 24.2 Å². The van der Waals surface area contributed by atoms with Gasteiger partial charge < -0.3 is 20.1 Å². The first-order chi connectivity index (χ1) is 16.1. The van der Waals surface area contributed by atoms with Gasteiger partial charge in [-0.3, -0.25) is 9.59 Å². The van der Waals surface area contributed by atoms with Gasteiger partial charge in [-0.1, -0.05) is 69.3 Å². The van der Waals surface area contributed by atoms with Crippen LogP contribution in [0, 0.1) is 5.41 Å². The first-order valence-corrected chi connectivity index (χ1v) is 11.8.